The molecule has 4 nitrogen and oxygen atoms in total. The lowest BCUT2D eigenvalue weighted by Crippen LogP contribution is -2.00. The van der Waals surface area contributed by atoms with Gasteiger partial charge in [-0.05, 0) is 30.2 Å². The third-order valence-electron chi connectivity index (χ3n) is 2.52. The molecule has 2 rings (SSSR count). The normalized spacial score (nSPS) is 10.9. The van der Waals surface area contributed by atoms with Crippen molar-refractivity contribution in [3.05, 3.63) is 59.4 Å². The van der Waals surface area contributed by atoms with Gasteiger partial charge in [-0.2, -0.15) is 5.10 Å². The monoisotopic (exact) mass is 242 g/mol. The molecule has 0 radical (unpaired) electrons. The first-order chi connectivity index (χ1) is 8.63. The molecule has 0 amide bonds. The quantitative estimate of drug-likeness (QED) is 0.837. The molecule has 0 atom stereocenters. The summed E-state index contributed by atoms with van der Waals surface area (Å²) in [6.07, 6.45) is 4.64. The highest BCUT2D eigenvalue weighted by atomic mass is 16.4. The van der Waals surface area contributed by atoms with Crippen LogP contribution in [0.4, 0.5) is 0 Å². The van der Waals surface area contributed by atoms with Crippen LogP contribution in [0.5, 0.6) is 0 Å². The lowest BCUT2D eigenvalue weighted by Gasteiger charge is -2.02. The van der Waals surface area contributed by atoms with E-state index in [1.165, 1.54) is 0 Å². The first-order valence-electron chi connectivity index (χ1n) is 5.63. The van der Waals surface area contributed by atoms with Gasteiger partial charge in [-0.3, -0.25) is 4.68 Å². The van der Waals surface area contributed by atoms with Crippen molar-refractivity contribution in [3.63, 3.8) is 0 Å². The fourth-order valence-corrected chi connectivity index (χ4v) is 1.64. The number of hydrogen-bond donors (Lipinski definition) is 1. The number of carboxylic acids is 1. The van der Waals surface area contributed by atoms with E-state index < -0.39 is 5.97 Å². The van der Waals surface area contributed by atoms with Crippen LogP contribution >= 0.6 is 0 Å². The number of nitrogens with zero attached hydrogens (tertiary/aromatic N) is 2. The van der Waals surface area contributed by atoms with Gasteiger partial charge in [0.05, 0.1) is 12.2 Å². The summed E-state index contributed by atoms with van der Waals surface area (Å²) in [5.74, 6) is -0.939. The number of carbonyl (C=O) groups is 1. The average molecular weight is 242 g/mol. The third-order valence-corrected chi connectivity index (χ3v) is 2.52. The predicted molar refractivity (Wildman–Crippen MR) is 69.2 cm³/mol. The number of aliphatic carboxylic acids is 1. The third kappa shape index (κ3) is 3.31. The van der Waals surface area contributed by atoms with Crippen LogP contribution in [-0.4, -0.2) is 20.9 Å². The first kappa shape index (κ1) is 12.1. The zero-order chi connectivity index (χ0) is 13.0. The Bertz CT molecular complexity index is 568. The fraction of sp³-hybridized carbons (Fsp3) is 0.143. The van der Waals surface area contributed by atoms with Crippen LogP contribution in [0.15, 0.2) is 42.6 Å². The van der Waals surface area contributed by atoms with Gasteiger partial charge in [-0.1, -0.05) is 24.3 Å². The summed E-state index contributed by atoms with van der Waals surface area (Å²) in [6, 6.07) is 9.69. The lowest BCUT2D eigenvalue weighted by atomic mass is 10.1. The smallest absolute Gasteiger partial charge is 0.328 e. The van der Waals surface area contributed by atoms with E-state index in [-0.39, 0.29) is 0 Å². The Labute approximate surface area is 105 Å². The average Bonchev–Trinajstić information content (AvgIpc) is 2.74. The first-order valence-corrected chi connectivity index (χ1v) is 5.63. The van der Waals surface area contributed by atoms with Crippen LogP contribution in [0.3, 0.4) is 0 Å². The highest BCUT2D eigenvalue weighted by Crippen LogP contribution is 2.08. The van der Waals surface area contributed by atoms with E-state index >= 15 is 0 Å². The van der Waals surface area contributed by atoms with Crippen molar-refractivity contribution in [2.24, 2.45) is 0 Å². The number of rotatable bonds is 4. The standard InChI is InChI=1S/C14H14N2O2/c1-11-8-9-16(15-11)10-13-4-2-12(3-5-13)6-7-14(17)18/h2-9H,10H2,1H3,(H,17,18). The highest BCUT2D eigenvalue weighted by molar-refractivity contribution is 5.85. The van der Waals surface area contributed by atoms with Gasteiger partial charge in [0.25, 0.3) is 0 Å². The van der Waals surface area contributed by atoms with E-state index in [1.807, 2.05) is 48.1 Å². The molecule has 0 unspecified atom stereocenters. The molecular weight excluding hydrogens is 228 g/mol. The number of carboxylic acid groups (broad SMARTS) is 1. The summed E-state index contributed by atoms with van der Waals surface area (Å²) >= 11 is 0. The summed E-state index contributed by atoms with van der Waals surface area (Å²) in [6.45, 7) is 2.67. The zero-order valence-electron chi connectivity index (χ0n) is 10.1. The van der Waals surface area contributed by atoms with Gasteiger partial charge in [0.2, 0.25) is 0 Å². The molecule has 0 aliphatic carbocycles. The molecule has 0 spiro atoms. The molecule has 2 aromatic rings. The molecule has 1 aromatic heterocycles. The number of hydrogen-bond acceptors (Lipinski definition) is 2. The van der Waals surface area contributed by atoms with Gasteiger partial charge in [0, 0.05) is 12.3 Å². The Morgan fingerprint density at radius 1 is 1.33 bits per heavy atom. The van der Waals surface area contributed by atoms with Crippen LogP contribution in [-0.2, 0) is 11.3 Å². The molecule has 0 saturated heterocycles. The molecule has 0 bridgehead atoms. The van der Waals surface area contributed by atoms with Gasteiger partial charge < -0.3 is 5.11 Å². The van der Waals surface area contributed by atoms with Gasteiger partial charge in [-0.25, -0.2) is 4.79 Å². The Morgan fingerprint density at radius 2 is 2.06 bits per heavy atom. The second-order valence-electron chi connectivity index (χ2n) is 4.07. The van der Waals surface area contributed by atoms with Crippen LogP contribution in [0, 0.1) is 6.92 Å². The van der Waals surface area contributed by atoms with Crippen molar-refractivity contribution in [2.75, 3.05) is 0 Å². The summed E-state index contributed by atoms with van der Waals surface area (Å²) in [4.78, 5) is 10.4. The molecule has 1 aromatic carbocycles. The van der Waals surface area contributed by atoms with E-state index in [2.05, 4.69) is 5.10 Å². The van der Waals surface area contributed by atoms with Gasteiger partial charge in [0.1, 0.15) is 0 Å². The van der Waals surface area contributed by atoms with Crippen molar-refractivity contribution >= 4 is 12.0 Å². The minimum absolute atomic E-state index is 0.719. The minimum atomic E-state index is -0.939. The van der Waals surface area contributed by atoms with Crippen molar-refractivity contribution in [1.82, 2.24) is 9.78 Å². The van der Waals surface area contributed by atoms with E-state index in [0.29, 0.717) is 0 Å². The molecule has 0 aliphatic heterocycles. The summed E-state index contributed by atoms with van der Waals surface area (Å²) in [5, 5.41) is 12.8. The SMILES string of the molecule is Cc1ccn(Cc2ccc(C=CC(=O)O)cc2)n1. The minimum Gasteiger partial charge on any atom is -0.478 e. The lowest BCUT2D eigenvalue weighted by molar-refractivity contribution is -0.131. The number of benzene rings is 1. The largest absolute Gasteiger partial charge is 0.478 e. The van der Waals surface area contributed by atoms with Crippen molar-refractivity contribution < 1.29 is 9.90 Å². The molecule has 0 saturated carbocycles. The zero-order valence-corrected chi connectivity index (χ0v) is 10.1. The number of aryl methyl sites for hydroxylation is 1. The van der Waals surface area contributed by atoms with Crippen LogP contribution in [0.1, 0.15) is 16.8 Å². The second-order valence-corrected chi connectivity index (χ2v) is 4.07. The number of aromatic nitrogens is 2. The van der Waals surface area contributed by atoms with Crippen molar-refractivity contribution in [2.45, 2.75) is 13.5 Å². The summed E-state index contributed by atoms with van der Waals surface area (Å²) in [7, 11) is 0. The Kier molecular flexibility index (Phi) is 3.57. The molecule has 0 aliphatic rings. The van der Waals surface area contributed by atoms with E-state index in [9.17, 15) is 4.79 Å². The molecule has 92 valence electrons. The molecule has 1 N–H and O–H groups in total. The van der Waals surface area contributed by atoms with Crippen LogP contribution in [0.2, 0.25) is 0 Å². The summed E-state index contributed by atoms with van der Waals surface area (Å²) in [5.41, 5.74) is 3.00. The Morgan fingerprint density at radius 3 is 2.61 bits per heavy atom. The molecule has 18 heavy (non-hydrogen) atoms. The maximum atomic E-state index is 10.4. The van der Waals surface area contributed by atoms with Gasteiger partial charge in [-0.15, -0.1) is 0 Å². The Hall–Kier alpha value is -2.36. The maximum absolute atomic E-state index is 10.4. The van der Waals surface area contributed by atoms with E-state index in [4.69, 9.17) is 5.11 Å². The van der Waals surface area contributed by atoms with Crippen LogP contribution in [0.25, 0.3) is 6.08 Å². The Balaban J connectivity index is 2.06. The van der Waals surface area contributed by atoms with Crippen LogP contribution < -0.4 is 0 Å². The molecule has 1 heterocycles. The maximum Gasteiger partial charge on any atom is 0.328 e. The van der Waals surface area contributed by atoms with Crippen molar-refractivity contribution in [3.8, 4) is 0 Å². The van der Waals surface area contributed by atoms with E-state index in [1.54, 1.807) is 6.08 Å². The van der Waals surface area contributed by atoms with Gasteiger partial charge >= 0.3 is 5.97 Å². The molecular formula is C14H14N2O2. The highest BCUT2D eigenvalue weighted by Gasteiger charge is 1.97. The molecule has 0 fully saturated rings. The van der Waals surface area contributed by atoms with Crippen molar-refractivity contribution in [1.29, 1.82) is 0 Å². The fourth-order valence-electron chi connectivity index (χ4n) is 1.64. The summed E-state index contributed by atoms with van der Waals surface area (Å²) < 4.78 is 1.87. The topological polar surface area (TPSA) is 55.1 Å². The van der Waals surface area contributed by atoms with E-state index in [0.717, 1.165) is 29.4 Å². The second kappa shape index (κ2) is 5.31. The van der Waals surface area contributed by atoms with Gasteiger partial charge in [0.15, 0.2) is 0 Å². The predicted octanol–water partition coefficient (Wildman–Crippen LogP) is 2.34. The molecule has 4 heteroatoms.